The summed E-state index contributed by atoms with van der Waals surface area (Å²) in [5.41, 5.74) is 4.47. The molecule has 1 saturated heterocycles. The van der Waals surface area contributed by atoms with Crippen molar-refractivity contribution < 1.29 is 4.79 Å². The molecule has 1 amide bonds. The maximum absolute atomic E-state index is 12.8. The zero-order valence-electron chi connectivity index (χ0n) is 17.7. The van der Waals surface area contributed by atoms with Gasteiger partial charge in [-0.3, -0.25) is 9.69 Å². The standard InChI is InChI=1S/C24H27N5O.ClH/c1-2-23(30)28-14-13-20-24(19-11-7-4-8-12-19)25-26-29(20)22-17-27(16-21(22)28)15-18-9-5-3-6-10-18;/h3-12,21-22H,2,13-17H2,1H3;1H/t21-,22+;/m1./s1. The number of halogens is 1. The number of carbonyl (C=O) groups is 1. The summed E-state index contributed by atoms with van der Waals surface area (Å²) >= 11 is 0. The van der Waals surface area contributed by atoms with Crippen LogP contribution in [0.2, 0.25) is 0 Å². The van der Waals surface area contributed by atoms with E-state index in [2.05, 4.69) is 61.2 Å². The molecule has 3 heterocycles. The zero-order chi connectivity index (χ0) is 20.5. The van der Waals surface area contributed by atoms with Crippen LogP contribution in [0.5, 0.6) is 0 Å². The molecule has 0 aliphatic carbocycles. The number of nitrogens with zero attached hydrogens (tertiary/aromatic N) is 5. The summed E-state index contributed by atoms with van der Waals surface area (Å²) < 4.78 is 2.11. The highest BCUT2D eigenvalue weighted by Gasteiger charge is 2.43. The molecule has 162 valence electrons. The van der Waals surface area contributed by atoms with E-state index in [4.69, 9.17) is 0 Å². The largest absolute Gasteiger partial charge is 0.336 e. The molecule has 0 unspecified atom stereocenters. The second-order valence-corrected chi connectivity index (χ2v) is 8.20. The average molecular weight is 438 g/mol. The normalized spacial score (nSPS) is 20.5. The Morgan fingerprint density at radius 2 is 1.68 bits per heavy atom. The lowest BCUT2D eigenvalue weighted by molar-refractivity contribution is -0.133. The molecule has 6 nitrogen and oxygen atoms in total. The molecular formula is C24H28ClN5O. The van der Waals surface area contributed by atoms with E-state index < -0.39 is 0 Å². The van der Waals surface area contributed by atoms with Gasteiger partial charge >= 0.3 is 0 Å². The maximum atomic E-state index is 12.8. The van der Waals surface area contributed by atoms with Crippen LogP contribution < -0.4 is 0 Å². The van der Waals surface area contributed by atoms with Gasteiger partial charge in [-0.25, -0.2) is 4.68 Å². The summed E-state index contributed by atoms with van der Waals surface area (Å²) in [6.07, 6.45) is 1.32. The highest BCUT2D eigenvalue weighted by Crippen LogP contribution is 2.34. The Morgan fingerprint density at radius 1 is 1.00 bits per heavy atom. The van der Waals surface area contributed by atoms with Gasteiger partial charge in [0.05, 0.1) is 17.8 Å². The van der Waals surface area contributed by atoms with Crippen LogP contribution in [-0.4, -0.2) is 56.4 Å². The lowest BCUT2D eigenvalue weighted by atomic mass is 10.1. The highest BCUT2D eigenvalue weighted by atomic mass is 35.5. The maximum Gasteiger partial charge on any atom is 0.222 e. The summed E-state index contributed by atoms with van der Waals surface area (Å²) in [5.74, 6) is 0.228. The van der Waals surface area contributed by atoms with Crippen LogP contribution in [0.25, 0.3) is 11.3 Å². The molecule has 0 saturated carbocycles. The van der Waals surface area contributed by atoms with Crippen LogP contribution in [0, 0.1) is 0 Å². The van der Waals surface area contributed by atoms with Crippen LogP contribution >= 0.6 is 12.4 Å². The van der Waals surface area contributed by atoms with E-state index in [1.807, 2.05) is 31.2 Å². The Labute approximate surface area is 189 Å². The Bertz CT molecular complexity index is 1020. The molecule has 5 rings (SSSR count). The molecule has 0 bridgehead atoms. The first-order chi connectivity index (χ1) is 14.7. The summed E-state index contributed by atoms with van der Waals surface area (Å²) in [5, 5.41) is 9.16. The molecule has 2 atom stereocenters. The predicted octanol–water partition coefficient (Wildman–Crippen LogP) is 3.59. The fourth-order valence-corrected chi connectivity index (χ4v) is 4.90. The third-order valence-corrected chi connectivity index (χ3v) is 6.35. The van der Waals surface area contributed by atoms with Gasteiger partial charge in [-0.15, -0.1) is 17.5 Å². The minimum atomic E-state index is 0. The van der Waals surface area contributed by atoms with Crippen molar-refractivity contribution in [2.24, 2.45) is 0 Å². The summed E-state index contributed by atoms with van der Waals surface area (Å²) in [6, 6.07) is 21.0. The number of carbonyl (C=O) groups excluding carboxylic acids is 1. The second-order valence-electron chi connectivity index (χ2n) is 8.20. The predicted molar refractivity (Wildman–Crippen MR) is 123 cm³/mol. The quantitative estimate of drug-likeness (QED) is 0.626. The van der Waals surface area contributed by atoms with Crippen LogP contribution in [-0.2, 0) is 17.8 Å². The van der Waals surface area contributed by atoms with E-state index in [1.54, 1.807) is 0 Å². The number of benzene rings is 2. The fraction of sp³-hybridized carbons (Fsp3) is 0.375. The van der Waals surface area contributed by atoms with E-state index >= 15 is 0 Å². The number of amides is 1. The average Bonchev–Trinajstić information content (AvgIpc) is 3.36. The van der Waals surface area contributed by atoms with Crippen LogP contribution in [0.1, 0.15) is 30.6 Å². The van der Waals surface area contributed by atoms with Gasteiger partial charge < -0.3 is 4.90 Å². The van der Waals surface area contributed by atoms with E-state index in [9.17, 15) is 4.79 Å². The minimum Gasteiger partial charge on any atom is -0.336 e. The van der Waals surface area contributed by atoms with Crippen molar-refractivity contribution in [3.8, 4) is 11.3 Å². The molecule has 31 heavy (non-hydrogen) atoms. The second kappa shape index (κ2) is 9.20. The van der Waals surface area contributed by atoms with Gasteiger partial charge in [0, 0.05) is 44.6 Å². The number of likely N-dealkylation sites (tertiary alicyclic amines) is 1. The molecule has 0 spiro atoms. The van der Waals surface area contributed by atoms with E-state index in [-0.39, 0.29) is 30.4 Å². The van der Waals surface area contributed by atoms with Gasteiger partial charge in [-0.1, -0.05) is 72.8 Å². The van der Waals surface area contributed by atoms with E-state index in [0.29, 0.717) is 6.42 Å². The van der Waals surface area contributed by atoms with Crippen molar-refractivity contribution in [2.75, 3.05) is 19.6 Å². The summed E-state index contributed by atoms with van der Waals surface area (Å²) in [6.45, 7) is 5.30. The van der Waals surface area contributed by atoms with E-state index in [0.717, 1.165) is 49.6 Å². The molecule has 2 aliphatic heterocycles. The van der Waals surface area contributed by atoms with Gasteiger partial charge in [-0.2, -0.15) is 0 Å². The third-order valence-electron chi connectivity index (χ3n) is 6.35. The Balaban J connectivity index is 0.00000231. The zero-order valence-corrected chi connectivity index (χ0v) is 18.5. The topological polar surface area (TPSA) is 54.3 Å². The molecular weight excluding hydrogens is 410 g/mol. The van der Waals surface area contributed by atoms with E-state index in [1.165, 1.54) is 5.56 Å². The van der Waals surface area contributed by atoms with Crippen LogP contribution in [0.15, 0.2) is 60.7 Å². The van der Waals surface area contributed by atoms with Crippen molar-refractivity contribution in [1.29, 1.82) is 0 Å². The van der Waals surface area contributed by atoms with Gasteiger partial charge in [0.1, 0.15) is 5.69 Å². The fourth-order valence-electron chi connectivity index (χ4n) is 4.90. The number of hydrogen-bond acceptors (Lipinski definition) is 4. The molecule has 0 radical (unpaired) electrons. The van der Waals surface area contributed by atoms with Gasteiger partial charge in [0.2, 0.25) is 5.91 Å². The molecule has 7 heteroatoms. The number of hydrogen-bond donors (Lipinski definition) is 0. The monoisotopic (exact) mass is 437 g/mol. The first-order valence-electron chi connectivity index (χ1n) is 10.8. The molecule has 1 aromatic heterocycles. The van der Waals surface area contributed by atoms with Crippen molar-refractivity contribution in [1.82, 2.24) is 24.8 Å². The molecule has 2 aliphatic rings. The van der Waals surface area contributed by atoms with Crippen molar-refractivity contribution in [3.63, 3.8) is 0 Å². The molecule has 0 N–H and O–H groups in total. The molecule has 2 aromatic carbocycles. The van der Waals surface area contributed by atoms with Crippen molar-refractivity contribution in [2.45, 2.75) is 38.4 Å². The number of aromatic nitrogens is 3. The smallest absolute Gasteiger partial charge is 0.222 e. The van der Waals surface area contributed by atoms with Gasteiger partial charge in [-0.05, 0) is 5.56 Å². The van der Waals surface area contributed by atoms with Crippen molar-refractivity contribution >= 4 is 18.3 Å². The van der Waals surface area contributed by atoms with Gasteiger partial charge in [0.15, 0.2) is 0 Å². The SMILES string of the molecule is CCC(=O)N1CCc2c(-c3ccccc3)nnn2[C@H]2CN(Cc3ccccc3)C[C@H]21.Cl. The Kier molecular flexibility index (Phi) is 6.39. The number of rotatable bonds is 4. The summed E-state index contributed by atoms with van der Waals surface area (Å²) in [7, 11) is 0. The van der Waals surface area contributed by atoms with Crippen LogP contribution in [0.3, 0.4) is 0 Å². The number of fused-ring (bicyclic) bond motifs is 3. The first-order valence-corrected chi connectivity index (χ1v) is 10.8. The molecule has 3 aromatic rings. The van der Waals surface area contributed by atoms with Gasteiger partial charge in [0.25, 0.3) is 0 Å². The lowest BCUT2D eigenvalue weighted by Gasteiger charge is -2.30. The minimum absolute atomic E-state index is 0. The van der Waals surface area contributed by atoms with Crippen molar-refractivity contribution in [3.05, 3.63) is 71.9 Å². The highest BCUT2D eigenvalue weighted by molar-refractivity contribution is 5.85. The Morgan fingerprint density at radius 3 is 2.39 bits per heavy atom. The lowest BCUT2D eigenvalue weighted by Crippen LogP contribution is -2.44. The third kappa shape index (κ3) is 4.10. The summed E-state index contributed by atoms with van der Waals surface area (Å²) in [4.78, 5) is 17.4. The Hall–Kier alpha value is -2.70. The first kappa shape index (κ1) is 21.5. The van der Waals surface area contributed by atoms with Crippen LogP contribution in [0.4, 0.5) is 0 Å². The molecule has 1 fully saturated rings.